The number of methoxy groups -OCH3 is 2. The summed E-state index contributed by atoms with van der Waals surface area (Å²) in [5.74, 6) is 1.55. The van der Waals surface area contributed by atoms with Crippen molar-refractivity contribution in [2.45, 2.75) is 6.54 Å². The van der Waals surface area contributed by atoms with Crippen molar-refractivity contribution in [3.63, 3.8) is 0 Å². The number of ether oxygens (including phenoxy) is 2. The molecule has 0 aliphatic carbocycles. The predicted molar refractivity (Wildman–Crippen MR) is 53.4 cm³/mol. The lowest BCUT2D eigenvalue weighted by Crippen LogP contribution is -2.10. The van der Waals surface area contributed by atoms with Crippen LogP contribution in [0.5, 0.6) is 11.5 Å². The summed E-state index contributed by atoms with van der Waals surface area (Å²) >= 11 is 0. The van der Waals surface area contributed by atoms with E-state index in [2.05, 4.69) is 5.48 Å². The molecule has 0 aliphatic heterocycles. The van der Waals surface area contributed by atoms with Crippen LogP contribution in [0.3, 0.4) is 0 Å². The molecule has 0 unspecified atom stereocenters. The quantitative estimate of drug-likeness (QED) is 0.723. The van der Waals surface area contributed by atoms with Crippen LogP contribution in [-0.4, -0.2) is 21.3 Å². The lowest BCUT2D eigenvalue weighted by molar-refractivity contribution is 0.0866. The number of nitrogens with one attached hydrogen (secondary N) is 1. The van der Waals surface area contributed by atoms with Crippen molar-refractivity contribution in [2.24, 2.45) is 0 Å². The van der Waals surface area contributed by atoms with Crippen LogP contribution in [0.15, 0.2) is 18.2 Å². The second-order valence-corrected chi connectivity index (χ2v) is 2.75. The topological polar surface area (TPSA) is 39.7 Å². The standard InChI is InChI=1S/C10H15NO3/c1-12-9-4-8(7-11-14-3)5-10(6-9)13-2/h4-6,11H,7H2,1-3H3. The molecule has 0 saturated heterocycles. The summed E-state index contributed by atoms with van der Waals surface area (Å²) in [4.78, 5) is 4.76. The average molecular weight is 197 g/mol. The van der Waals surface area contributed by atoms with Crippen LogP contribution in [0.1, 0.15) is 5.56 Å². The van der Waals surface area contributed by atoms with Crippen molar-refractivity contribution in [2.75, 3.05) is 21.3 Å². The van der Waals surface area contributed by atoms with E-state index in [0.717, 1.165) is 17.1 Å². The molecule has 1 rings (SSSR count). The van der Waals surface area contributed by atoms with E-state index in [1.54, 1.807) is 21.3 Å². The molecule has 1 aromatic rings. The average Bonchev–Trinajstić information content (AvgIpc) is 2.25. The lowest BCUT2D eigenvalue weighted by Gasteiger charge is -2.08. The Kier molecular flexibility index (Phi) is 4.22. The van der Waals surface area contributed by atoms with Gasteiger partial charge in [-0.2, -0.15) is 5.48 Å². The summed E-state index contributed by atoms with van der Waals surface area (Å²) in [6.07, 6.45) is 0. The molecule has 1 N–H and O–H groups in total. The molecule has 4 heteroatoms. The summed E-state index contributed by atoms with van der Waals surface area (Å²) in [6.45, 7) is 0.615. The maximum atomic E-state index is 5.13. The third kappa shape index (κ3) is 2.90. The van der Waals surface area contributed by atoms with Gasteiger partial charge in [0.05, 0.1) is 21.3 Å². The van der Waals surface area contributed by atoms with Crippen LogP contribution in [0.2, 0.25) is 0 Å². The molecule has 4 nitrogen and oxygen atoms in total. The van der Waals surface area contributed by atoms with Gasteiger partial charge in [0.1, 0.15) is 11.5 Å². The molecule has 0 bridgehead atoms. The van der Waals surface area contributed by atoms with Crippen LogP contribution in [0, 0.1) is 0 Å². The van der Waals surface area contributed by atoms with Crippen LogP contribution < -0.4 is 15.0 Å². The lowest BCUT2D eigenvalue weighted by atomic mass is 10.2. The zero-order valence-electron chi connectivity index (χ0n) is 8.66. The van der Waals surface area contributed by atoms with Crippen LogP contribution in [0.25, 0.3) is 0 Å². The highest BCUT2D eigenvalue weighted by molar-refractivity contribution is 5.38. The minimum Gasteiger partial charge on any atom is -0.497 e. The Morgan fingerprint density at radius 2 is 1.57 bits per heavy atom. The number of hydrogen-bond donors (Lipinski definition) is 1. The molecule has 0 atom stereocenters. The Labute approximate surface area is 83.7 Å². The van der Waals surface area contributed by atoms with Crippen molar-refractivity contribution in [3.8, 4) is 11.5 Å². The summed E-state index contributed by atoms with van der Waals surface area (Å²) in [5.41, 5.74) is 3.80. The Morgan fingerprint density at radius 3 is 2.00 bits per heavy atom. The van der Waals surface area contributed by atoms with Crippen LogP contribution >= 0.6 is 0 Å². The van der Waals surface area contributed by atoms with Gasteiger partial charge in [0.15, 0.2) is 0 Å². The van der Waals surface area contributed by atoms with Crippen molar-refractivity contribution < 1.29 is 14.3 Å². The van der Waals surface area contributed by atoms with Crippen LogP contribution in [0.4, 0.5) is 0 Å². The third-order valence-corrected chi connectivity index (χ3v) is 1.83. The Bertz CT molecular complexity index is 266. The van der Waals surface area contributed by atoms with E-state index in [4.69, 9.17) is 14.3 Å². The first-order chi connectivity index (χ1) is 6.80. The number of hydrogen-bond acceptors (Lipinski definition) is 4. The Morgan fingerprint density at radius 1 is 1.00 bits per heavy atom. The smallest absolute Gasteiger partial charge is 0.122 e. The van der Waals surface area contributed by atoms with E-state index in [1.165, 1.54) is 0 Å². The molecule has 14 heavy (non-hydrogen) atoms. The van der Waals surface area contributed by atoms with Gasteiger partial charge in [-0.3, -0.25) is 0 Å². The van der Waals surface area contributed by atoms with Crippen LogP contribution in [-0.2, 0) is 11.4 Å². The van der Waals surface area contributed by atoms with Gasteiger partial charge >= 0.3 is 0 Å². The SMILES string of the molecule is CONCc1cc(OC)cc(OC)c1. The summed E-state index contributed by atoms with van der Waals surface area (Å²) in [6, 6.07) is 5.68. The van der Waals surface area contributed by atoms with Gasteiger partial charge in [-0.1, -0.05) is 0 Å². The fourth-order valence-electron chi connectivity index (χ4n) is 1.12. The van der Waals surface area contributed by atoms with Gasteiger partial charge in [-0.05, 0) is 17.7 Å². The normalized spacial score (nSPS) is 9.93. The van der Waals surface area contributed by atoms with E-state index in [-0.39, 0.29) is 0 Å². The molecule has 0 saturated carbocycles. The minimum absolute atomic E-state index is 0.615. The summed E-state index contributed by atoms with van der Waals surface area (Å²) < 4.78 is 10.3. The minimum atomic E-state index is 0.615. The highest BCUT2D eigenvalue weighted by Crippen LogP contribution is 2.22. The second-order valence-electron chi connectivity index (χ2n) is 2.75. The van der Waals surface area contributed by atoms with Gasteiger partial charge in [0.2, 0.25) is 0 Å². The molecule has 78 valence electrons. The summed E-state index contributed by atoms with van der Waals surface area (Å²) in [7, 11) is 4.84. The monoisotopic (exact) mass is 197 g/mol. The van der Waals surface area contributed by atoms with Gasteiger partial charge in [0.25, 0.3) is 0 Å². The Hall–Kier alpha value is -1.26. The molecule has 1 aromatic carbocycles. The first-order valence-corrected chi connectivity index (χ1v) is 4.28. The van der Waals surface area contributed by atoms with E-state index in [0.29, 0.717) is 6.54 Å². The van der Waals surface area contributed by atoms with E-state index in [9.17, 15) is 0 Å². The van der Waals surface area contributed by atoms with Gasteiger partial charge in [-0.15, -0.1) is 0 Å². The van der Waals surface area contributed by atoms with Crippen molar-refractivity contribution in [1.82, 2.24) is 5.48 Å². The van der Waals surface area contributed by atoms with Gasteiger partial charge in [-0.25, -0.2) is 0 Å². The third-order valence-electron chi connectivity index (χ3n) is 1.83. The summed E-state index contributed by atoms with van der Waals surface area (Å²) in [5, 5.41) is 0. The number of hydroxylamine groups is 1. The largest absolute Gasteiger partial charge is 0.497 e. The predicted octanol–water partition coefficient (Wildman–Crippen LogP) is 1.35. The molecular weight excluding hydrogens is 182 g/mol. The molecule has 0 radical (unpaired) electrons. The maximum Gasteiger partial charge on any atom is 0.122 e. The van der Waals surface area contributed by atoms with E-state index in [1.807, 2.05) is 18.2 Å². The second kappa shape index (κ2) is 5.47. The highest BCUT2D eigenvalue weighted by Gasteiger charge is 2.00. The number of rotatable bonds is 5. The first-order valence-electron chi connectivity index (χ1n) is 4.28. The fraction of sp³-hybridized carbons (Fsp3) is 0.400. The number of benzene rings is 1. The maximum absolute atomic E-state index is 5.13. The van der Waals surface area contributed by atoms with Crippen molar-refractivity contribution in [3.05, 3.63) is 23.8 Å². The zero-order valence-corrected chi connectivity index (χ0v) is 8.66. The molecule has 0 heterocycles. The molecule has 0 spiro atoms. The fourth-order valence-corrected chi connectivity index (χ4v) is 1.12. The molecule has 0 fully saturated rings. The van der Waals surface area contributed by atoms with Gasteiger partial charge in [0, 0.05) is 12.6 Å². The highest BCUT2D eigenvalue weighted by atomic mass is 16.6. The molecular formula is C10H15NO3. The molecule has 0 aromatic heterocycles. The molecule has 0 amide bonds. The Balaban J connectivity index is 2.81. The van der Waals surface area contributed by atoms with Gasteiger partial charge < -0.3 is 14.3 Å². The van der Waals surface area contributed by atoms with E-state index < -0.39 is 0 Å². The van der Waals surface area contributed by atoms with Crippen molar-refractivity contribution in [1.29, 1.82) is 0 Å². The van der Waals surface area contributed by atoms with Crippen molar-refractivity contribution >= 4 is 0 Å². The van der Waals surface area contributed by atoms with E-state index >= 15 is 0 Å². The molecule has 0 aliphatic rings. The zero-order chi connectivity index (χ0) is 10.4. The first kappa shape index (κ1) is 10.8.